The van der Waals surface area contributed by atoms with E-state index in [1.54, 1.807) is 43.7 Å². The van der Waals surface area contributed by atoms with Crippen LogP contribution < -0.4 is 4.74 Å². The van der Waals surface area contributed by atoms with E-state index >= 15 is 0 Å². The fourth-order valence-electron chi connectivity index (χ4n) is 4.25. The number of pyridine rings is 1. The maximum Gasteiger partial charge on any atom is 0.247 e. The lowest BCUT2D eigenvalue weighted by Crippen LogP contribution is -2.49. The van der Waals surface area contributed by atoms with Gasteiger partial charge in [-0.3, -0.25) is 9.88 Å². The molecular weight excluding hydrogens is 466 g/mol. The van der Waals surface area contributed by atoms with Crippen LogP contribution in [0.3, 0.4) is 0 Å². The van der Waals surface area contributed by atoms with Crippen LogP contribution in [0.1, 0.15) is 19.4 Å². The van der Waals surface area contributed by atoms with E-state index in [1.165, 1.54) is 10.6 Å². The maximum absolute atomic E-state index is 13.6. The Morgan fingerprint density at radius 1 is 1.17 bits per heavy atom. The molecule has 0 amide bonds. The molecule has 0 spiro atoms. The van der Waals surface area contributed by atoms with Crippen LogP contribution in [-0.2, 0) is 16.6 Å². The van der Waals surface area contributed by atoms with Crippen molar-refractivity contribution >= 4 is 10.0 Å². The van der Waals surface area contributed by atoms with Crippen molar-refractivity contribution in [3.63, 3.8) is 0 Å². The first kappa shape index (κ1) is 25.2. The molecule has 0 fully saturated rings. The van der Waals surface area contributed by atoms with Crippen LogP contribution in [0.4, 0.5) is 0 Å². The highest BCUT2D eigenvalue weighted by Gasteiger charge is 2.38. The van der Waals surface area contributed by atoms with Crippen LogP contribution in [0, 0.1) is 5.92 Å². The van der Waals surface area contributed by atoms with Crippen molar-refractivity contribution in [2.24, 2.45) is 5.92 Å². The number of fused-ring (bicyclic) bond motifs is 1. The van der Waals surface area contributed by atoms with E-state index in [9.17, 15) is 13.5 Å². The van der Waals surface area contributed by atoms with Crippen LogP contribution in [0.15, 0.2) is 66.3 Å². The molecule has 1 aliphatic heterocycles. The number of aliphatic hydroxyl groups excluding tert-OH is 1. The fourth-order valence-corrected chi connectivity index (χ4v) is 6.07. The minimum Gasteiger partial charge on any atom is -0.487 e. The second-order valence-corrected chi connectivity index (χ2v) is 10.9. The van der Waals surface area contributed by atoms with Crippen LogP contribution in [0.25, 0.3) is 11.1 Å². The summed E-state index contributed by atoms with van der Waals surface area (Å²) in [6, 6.07) is 8.39. The number of rotatable bonds is 7. The first-order chi connectivity index (χ1) is 16.8. The predicted octanol–water partition coefficient (Wildman–Crippen LogP) is 2.44. The van der Waals surface area contributed by atoms with Gasteiger partial charge in [0.1, 0.15) is 23.1 Å². The zero-order chi connectivity index (χ0) is 25.0. The number of aromatic nitrogens is 3. The summed E-state index contributed by atoms with van der Waals surface area (Å²) < 4.78 is 35.1. The fraction of sp³-hybridized carbons (Fsp3) is 0.400. The highest BCUT2D eigenvalue weighted by atomic mass is 32.2. The Morgan fingerprint density at radius 2 is 1.94 bits per heavy atom. The van der Waals surface area contributed by atoms with Crippen molar-refractivity contribution in [3.8, 4) is 16.9 Å². The Morgan fingerprint density at radius 3 is 2.63 bits per heavy atom. The molecule has 0 saturated carbocycles. The van der Waals surface area contributed by atoms with Gasteiger partial charge in [-0.25, -0.2) is 18.4 Å². The van der Waals surface area contributed by atoms with Crippen molar-refractivity contribution in [3.05, 3.63) is 67.0 Å². The first-order valence-corrected chi connectivity index (χ1v) is 13.0. The molecule has 1 aliphatic rings. The molecule has 0 aliphatic carbocycles. The van der Waals surface area contributed by atoms with Crippen LogP contribution >= 0.6 is 0 Å². The number of nitrogens with zero attached hydrogens (tertiary/aromatic N) is 5. The Kier molecular flexibility index (Phi) is 7.75. The van der Waals surface area contributed by atoms with Gasteiger partial charge in [-0.05, 0) is 43.3 Å². The third kappa shape index (κ3) is 5.67. The molecule has 0 bridgehead atoms. The summed E-state index contributed by atoms with van der Waals surface area (Å²) in [6.45, 7) is 4.93. The molecule has 4 rings (SSSR count). The molecule has 1 aromatic carbocycles. The van der Waals surface area contributed by atoms with E-state index < -0.39 is 16.1 Å². The predicted molar refractivity (Wildman–Crippen MR) is 132 cm³/mol. The van der Waals surface area contributed by atoms with Gasteiger partial charge in [-0.15, -0.1) is 0 Å². The molecule has 0 unspecified atom stereocenters. The van der Waals surface area contributed by atoms with Gasteiger partial charge >= 0.3 is 0 Å². The maximum atomic E-state index is 13.6. The Labute approximate surface area is 206 Å². The van der Waals surface area contributed by atoms with Gasteiger partial charge in [0.25, 0.3) is 0 Å². The first-order valence-electron chi connectivity index (χ1n) is 11.6. The van der Waals surface area contributed by atoms with Crippen molar-refractivity contribution in [1.82, 2.24) is 24.2 Å². The standard InChI is InChI=1S/C25H31N5O4S/c1-18-13-30(19(2)16-31)35(32,33)25-7-6-21(22-11-27-17-28-12-22)9-23(25)34-24(18)15-29(3)14-20-5-4-8-26-10-20/h4-12,17-19,24,31H,13-16H2,1-3H3/t18-,19+,24+/m1/s1. The quantitative estimate of drug-likeness (QED) is 0.530. The molecule has 0 radical (unpaired) electrons. The van der Waals surface area contributed by atoms with Crippen LogP contribution in [-0.4, -0.2) is 76.6 Å². The molecular formula is C25H31N5O4S. The van der Waals surface area contributed by atoms with Crippen LogP contribution in [0.2, 0.25) is 0 Å². The van der Waals surface area contributed by atoms with E-state index in [-0.39, 0.29) is 35.8 Å². The highest BCUT2D eigenvalue weighted by molar-refractivity contribution is 7.89. The number of sulfonamides is 1. The third-order valence-corrected chi connectivity index (χ3v) is 8.25. The summed E-state index contributed by atoms with van der Waals surface area (Å²) in [4.78, 5) is 14.6. The van der Waals surface area contributed by atoms with E-state index in [1.807, 2.05) is 32.3 Å². The van der Waals surface area contributed by atoms with E-state index in [0.29, 0.717) is 13.1 Å². The number of likely N-dealkylation sites (N-methyl/N-ethyl adjacent to an activating group) is 1. The highest BCUT2D eigenvalue weighted by Crippen LogP contribution is 2.36. The molecule has 3 aromatic rings. The molecule has 10 heteroatoms. The lowest BCUT2D eigenvalue weighted by Gasteiger charge is -2.37. The molecule has 3 atom stereocenters. The molecule has 0 saturated heterocycles. The monoisotopic (exact) mass is 497 g/mol. The minimum absolute atomic E-state index is 0.0882. The number of hydrogen-bond acceptors (Lipinski definition) is 8. The van der Waals surface area contributed by atoms with Gasteiger partial charge in [0.05, 0.1) is 6.61 Å². The number of hydrogen-bond donors (Lipinski definition) is 1. The van der Waals surface area contributed by atoms with Gasteiger partial charge in [0, 0.05) is 61.9 Å². The smallest absolute Gasteiger partial charge is 0.247 e. The van der Waals surface area contributed by atoms with Gasteiger partial charge in [-0.2, -0.15) is 4.31 Å². The summed E-state index contributed by atoms with van der Waals surface area (Å²) in [6.07, 6.45) is 8.08. The molecule has 9 nitrogen and oxygen atoms in total. The average molecular weight is 498 g/mol. The zero-order valence-corrected chi connectivity index (χ0v) is 21.0. The van der Waals surface area contributed by atoms with Crippen molar-refractivity contribution in [1.29, 1.82) is 0 Å². The molecule has 35 heavy (non-hydrogen) atoms. The number of benzene rings is 1. The van der Waals surface area contributed by atoms with Gasteiger partial charge < -0.3 is 9.84 Å². The summed E-state index contributed by atoms with van der Waals surface area (Å²) in [7, 11) is -1.89. The largest absolute Gasteiger partial charge is 0.487 e. The molecule has 186 valence electrons. The lowest BCUT2D eigenvalue weighted by molar-refractivity contribution is 0.0734. The van der Waals surface area contributed by atoms with Crippen molar-refractivity contribution in [2.45, 2.75) is 37.4 Å². The SMILES string of the molecule is C[C@@H]1CN([C@@H](C)CO)S(=O)(=O)c2ccc(-c3cncnc3)cc2O[C@H]1CN(C)Cc1cccnc1. The van der Waals surface area contributed by atoms with Gasteiger partial charge in [-0.1, -0.05) is 19.1 Å². The number of ether oxygens (including phenoxy) is 1. The van der Waals surface area contributed by atoms with E-state index in [0.717, 1.165) is 16.7 Å². The number of aliphatic hydroxyl groups is 1. The third-order valence-electron chi connectivity index (χ3n) is 6.23. The van der Waals surface area contributed by atoms with Crippen LogP contribution in [0.5, 0.6) is 5.75 Å². The van der Waals surface area contributed by atoms with Crippen molar-refractivity contribution in [2.75, 3.05) is 26.7 Å². The lowest BCUT2D eigenvalue weighted by atomic mass is 10.0. The Balaban J connectivity index is 1.72. The molecule has 1 N–H and O–H groups in total. The summed E-state index contributed by atoms with van der Waals surface area (Å²) in [5.41, 5.74) is 2.60. The molecule has 3 heterocycles. The second kappa shape index (κ2) is 10.8. The zero-order valence-electron chi connectivity index (χ0n) is 20.2. The average Bonchev–Trinajstić information content (AvgIpc) is 2.86. The van der Waals surface area contributed by atoms with E-state index in [4.69, 9.17) is 4.74 Å². The van der Waals surface area contributed by atoms with E-state index in [2.05, 4.69) is 19.9 Å². The summed E-state index contributed by atoms with van der Waals surface area (Å²) in [5, 5.41) is 9.82. The second-order valence-electron chi connectivity index (χ2n) is 9.09. The minimum atomic E-state index is -3.89. The summed E-state index contributed by atoms with van der Waals surface area (Å²) in [5.74, 6) is 0.153. The molecule has 2 aromatic heterocycles. The van der Waals surface area contributed by atoms with Gasteiger partial charge in [0.15, 0.2) is 0 Å². The Hall–Kier alpha value is -2.92. The van der Waals surface area contributed by atoms with Crippen molar-refractivity contribution < 1.29 is 18.3 Å². The summed E-state index contributed by atoms with van der Waals surface area (Å²) >= 11 is 0. The Bertz CT molecular complexity index is 1230. The topological polar surface area (TPSA) is 109 Å². The normalized spacial score (nSPS) is 20.9. The van der Waals surface area contributed by atoms with Gasteiger partial charge in [0.2, 0.25) is 10.0 Å².